The van der Waals surface area contributed by atoms with E-state index >= 15 is 0 Å². The van der Waals surface area contributed by atoms with E-state index in [4.69, 9.17) is 0 Å². The van der Waals surface area contributed by atoms with Crippen LogP contribution in [-0.2, 0) is 0 Å². The Morgan fingerprint density at radius 1 is 0.229 bits per heavy atom. The van der Waals surface area contributed by atoms with Gasteiger partial charge in [-0.15, -0.1) is 0 Å². The van der Waals surface area contributed by atoms with E-state index in [1.54, 1.807) is 0 Å². The van der Waals surface area contributed by atoms with E-state index in [0.29, 0.717) is 0 Å². The summed E-state index contributed by atoms with van der Waals surface area (Å²) in [4.78, 5) is 0. The summed E-state index contributed by atoms with van der Waals surface area (Å²) in [5.74, 6) is 0. The lowest BCUT2D eigenvalue weighted by Crippen LogP contribution is -1.93. The van der Waals surface area contributed by atoms with Gasteiger partial charge in [0.1, 0.15) is 0 Å². The second kappa shape index (κ2) is 13.2. The first-order chi connectivity index (χ1) is 23.8. The van der Waals surface area contributed by atoms with E-state index in [1.807, 2.05) is 0 Å². The molecule has 0 heteroatoms. The zero-order valence-corrected chi connectivity index (χ0v) is 26.6. The quantitative estimate of drug-likeness (QED) is 0.119. The highest BCUT2D eigenvalue weighted by molar-refractivity contribution is 6.28. The van der Waals surface area contributed by atoms with Crippen LogP contribution in [0.4, 0.5) is 0 Å². The van der Waals surface area contributed by atoms with Gasteiger partial charge >= 0.3 is 0 Å². The molecule has 0 bridgehead atoms. The van der Waals surface area contributed by atoms with Crippen LogP contribution >= 0.6 is 0 Å². The molecule has 0 unspecified atom stereocenters. The Hall–Kier alpha value is -6.24. The zero-order valence-electron chi connectivity index (χ0n) is 26.6. The summed E-state index contributed by atoms with van der Waals surface area (Å²) in [7, 11) is 0. The first-order valence-corrected chi connectivity index (χ1v) is 16.5. The smallest absolute Gasteiger partial charge is 0.00143 e. The van der Waals surface area contributed by atoms with Crippen molar-refractivity contribution in [3.63, 3.8) is 0 Å². The highest BCUT2D eigenvalue weighted by atomic mass is 14.2. The maximum Gasteiger partial charge on any atom is -0.00143 e. The second-order valence-corrected chi connectivity index (χ2v) is 12.2. The molecule has 0 aliphatic heterocycles. The van der Waals surface area contributed by atoms with Gasteiger partial charge < -0.3 is 0 Å². The van der Waals surface area contributed by atoms with E-state index in [1.165, 1.54) is 76.8 Å². The van der Waals surface area contributed by atoms with Gasteiger partial charge in [-0.3, -0.25) is 0 Å². The Bertz CT molecular complexity index is 2100. The molecule has 0 fully saturated rings. The number of hydrogen-bond acceptors (Lipinski definition) is 0. The standard InChI is InChI=1S/C48H34/c1-5-13-35(14-6-1)21-25-39-33-40(26-22-36-15-7-2-8-16-36)44-31-32-46-42(28-24-38-19-11-4-12-20-38)34-41(27-23-37-17-9-3-10-18-37)45-30-29-43(39)47(44)48(45)46/h1-34H/b25-21+,26-22+,27-23+,28-24+. The van der Waals surface area contributed by atoms with Crippen molar-refractivity contribution in [3.8, 4) is 0 Å². The molecule has 8 aromatic carbocycles. The maximum absolute atomic E-state index is 2.34. The third-order valence-electron chi connectivity index (χ3n) is 9.05. The van der Waals surface area contributed by atoms with Gasteiger partial charge in [-0.05, 0) is 89.0 Å². The van der Waals surface area contributed by atoms with E-state index in [2.05, 4.69) is 206 Å². The van der Waals surface area contributed by atoms with Crippen LogP contribution in [0.1, 0.15) is 44.5 Å². The fraction of sp³-hybridized carbons (Fsp3) is 0. The van der Waals surface area contributed by atoms with Crippen molar-refractivity contribution in [3.05, 3.63) is 202 Å². The predicted molar refractivity (Wildman–Crippen MR) is 212 cm³/mol. The molecule has 0 radical (unpaired) electrons. The molecule has 0 aliphatic carbocycles. The Morgan fingerprint density at radius 3 is 0.688 bits per heavy atom. The highest BCUT2D eigenvalue weighted by Gasteiger charge is 2.16. The molecule has 0 aliphatic rings. The molecule has 0 atom stereocenters. The minimum absolute atomic E-state index is 1.19. The number of rotatable bonds is 8. The van der Waals surface area contributed by atoms with Crippen molar-refractivity contribution in [2.45, 2.75) is 0 Å². The van der Waals surface area contributed by atoms with Gasteiger partial charge in [0.05, 0.1) is 0 Å². The lowest BCUT2D eigenvalue weighted by molar-refractivity contribution is 1.65. The van der Waals surface area contributed by atoms with Gasteiger partial charge in [-0.1, -0.05) is 194 Å². The molecule has 0 heterocycles. The van der Waals surface area contributed by atoms with Crippen molar-refractivity contribution >= 4 is 80.9 Å². The Balaban J connectivity index is 1.40. The molecular weight excluding hydrogens is 577 g/mol. The summed E-state index contributed by atoms with van der Waals surface area (Å²) in [6.45, 7) is 0. The van der Waals surface area contributed by atoms with Gasteiger partial charge in [0.2, 0.25) is 0 Å². The summed E-state index contributed by atoms with van der Waals surface area (Å²) < 4.78 is 0. The fourth-order valence-electron chi connectivity index (χ4n) is 6.66. The molecule has 0 saturated carbocycles. The minimum Gasteiger partial charge on any atom is -0.0622 e. The molecule has 0 saturated heterocycles. The van der Waals surface area contributed by atoms with Crippen molar-refractivity contribution in [2.24, 2.45) is 0 Å². The van der Waals surface area contributed by atoms with Crippen molar-refractivity contribution in [2.75, 3.05) is 0 Å². The van der Waals surface area contributed by atoms with Crippen molar-refractivity contribution in [1.82, 2.24) is 0 Å². The van der Waals surface area contributed by atoms with Gasteiger partial charge in [-0.25, -0.2) is 0 Å². The van der Waals surface area contributed by atoms with Crippen LogP contribution in [0.25, 0.3) is 80.9 Å². The van der Waals surface area contributed by atoms with Gasteiger partial charge in [0.15, 0.2) is 0 Å². The summed E-state index contributed by atoms with van der Waals surface area (Å²) in [6, 6.07) is 56.1. The van der Waals surface area contributed by atoms with Crippen LogP contribution in [0.2, 0.25) is 0 Å². The molecule has 0 aromatic heterocycles. The van der Waals surface area contributed by atoms with Gasteiger partial charge in [0.25, 0.3) is 0 Å². The molecule has 8 aromatic rings. The van der Waals surface area contributed by atoms with Crippen LogP contribution in [-0.4, -0.2) is 0 Å². The number of hydrogen-bond donors (Lipinski definition) is 0. The lowest BCUT2D eigenvalue weighted by Gasteiger charge is -2.18. The molecule has 8 rings (SSSR count). The minimum atomic E-state index is 1.19. The Morgan fingerprint density at radius 2 is 0.458 bits per heavy atom. The average Bonchev–Trinajstić information content (AvgIpc) is 3.16. The van der Waals surface area contributed by atoms with Crippen LogP contribution < -0.4 is 0 Å². The summed E-state index contributed by atoms with van der Waals surface area (Å²) >= 11 is 0. The predicted octanol–water partition coefficient (Wildman–Crippen LogP) is 13.3. The Kier molecular flexibility index (Phi) is 8.05. The highest BCUT2D eigenvalue weighted by Crippen LogP contribution is 2.42. The van der Waals surface area contributed by atoms with Gasteiger partial charge in [0, 0.05) is 0 Å². The van der Waals surface area contributed by atoms with Crippen LogP contribution in [0.3, 0.4) is 0 Å². The lowest BCUT2D eigenvalue weighted by atomic mass is 9.85. The third-order valence-corrected chi connectivity index (χ3v) is 9.05. The average molecular weight is 611 g/mol. The zero-order chi connectivity index (χ0) is 32.1. The normalized spacial score (nSPS) is 12.2. The van der Waals surface area contributed by atoms with Crippen LogP contribution in [0.5, 0.6) is 0 Å². The summed E-state index contributed by atoms with van der Waals surface area (Å²) in [5.41, 5.74) is 9.58. The molecule has 0 nitrogen and oxygen atoms in total. The van der Waals surface area contributed by atoms with E-state index in [0.717, 1.165) is 0 Å². The van der Waals surface area contributed by atoms with Gasteiger partial charge in [-0.2, -0.15) is 0 Å². The van der Waals surface area contributed by atoms with Crippen molar-refractivity contribution < 1.29 is 0 Å². The van der Waals surface area contributed by atoms with E-state index in [9.17, 15) is 0 Å². The summed E-state index contributed by atoms with van der Waals surface area (Å²) in [5, 5.41) is 7.64. The van der Waals surface area contributed by atoms with Crippen molar-refractivity contribution in [1.29, 1.82) is 0 Å². The topological polar surface area (TPSA) is 0 Å². The maximum atomic E-state index is 2.34. The van der Waals surface area contributed by atoms with Crippen LogP contribution in [0.15, 0.2) is 158 Å². The fourth-order valence-corrected chi connectivity index (χ4v) is 6.66. The van der Waals surface area contributed by atoms with E-state index < -0.39 is 0 Å². The summed E-state index contributed by atoms with van der Waals surface area (Å²) in [6.07, 6.45) is 18.0. The molecule has 48 heavy (non-hydrogen) atoms. The first-order valence-electron chi connectivity index (χ1n) is 16.5. The van der Waals surface area contributed by atoms with E-state index in [-0.39, 0.29) is 0 Å². The molecular formula is C48H34. The Labute approximate surface area is 282 Å². The monoisotopic (exact) mass is 610 g/mol. The SMILES string of the molecule is C(=C\c1cc(/C=C/c2ccccc2)c2ccc3c(/C=C/c4ccccc4)cc(/C=C/c4ccccc4)c4ccc1c2c43)/c1ccccc1. The largest absolute Gasteiger partial charge is 0.0622 e. The second-order valence-electron chi connectivity index (χ2n) is 12.2. The molecule has 0 spiro atoms. The van der Waals surface area contributed by atoms with Crippen LogP contribution in [0, 0.1) is 0 Å². The molecule has 0 N–H and O–H groups in total. The molecule has 0 amide bonds. The molecule has 226 valence electrons. The first kappa shape index (κ1) is 29.2. The third kappa shape index (κ3) is 6.00. The number of benzene rings is 8.